The molecule has 0 atom stereocenters. The molecule has 0 aliphatic rings. The van der Waals surface area contributed by atoms with E-state index in [0.29, 0.717) is 5.95 Å². The summed E-state index contributed by atoms with van der Waals surface area (Å²) < 4.78 is 5.17. The van der Waals surface area contributed by atoms with Crippen LogP contribution in [0.25, 0.3) is 0 Å². The zero-order valence-electron chi connectivity index (χ0n) is 13.1. The molecule has 1 aromatic carbocycles. The monoisotopic (exact) mass is 286 g/mol. The van der Waals surface area contributed by atoms with Crippen molar-refractivity contribution in [3.63, 3.8) is 0 Å². The summed E-state index contributed by atoms with van der Waals surface area (Å²) in [7, 11) is 3.70. The predicted octanol–water partition coefficient (Wildman–Crippen LogP) is 2.86. The second-order valence-corrected chi connectivity index (χ2v) is 4.93. The zero-order chi connectivity index (χ0) is 15.2. The van der Waals surface area contributed by atoms with Gasteiger partial charge in [0.25, 0.3) is 0 Å². The van der Waals surface area contributed by atoms with Gasteiger partial charge in [0.1, 0.15) is 11.6 Å². The van der Waals surface area contributed by atoms with E-state index in [2.05, 4.69) is 32.3 Å². The normalized spacial score (nSPS) is 10.3. The van der Waals surface area contributed by atoms with Gasteiger partial charge in [-0.3, -0.25) is 0 Å². The summed E-state index contributed by atoms with van der Waals surface area (Å²) in [4.78, 5) is 11.0. The topological polar surface area (TPSA) is 50.3 Å². The van der Waals surface area contributed by atoms with Crippen molar-refractivity contribution in [2.24, 2.45) is 0 Å². The molecule has 0 amide bonds. The van der Waals surface area contributed by atoms with Crippen LogP contribution >= 0.6 is 0 Å². The molecule has 1 heterocycles. The smallest absolute Gasteiger partial charge is 0.224 e. The minimum atomic E-state index is 0.675. The van der Waals surface area contributed by atoms with E-state index < -0.39 is 0 Å². The highest BCUT2D eigenvalue weighted by atomic mass is 16.5. The van der Waals surface area contributed by atoms with Crippen LogP contribution in [0, 0.1) is 6.92 Å². The molecule has 0 spiro atoms. The number of anilines is 2. The summed E-state index contributed by atoms with van der Waals surface area (Å²) in [6.45, 7) is 5.61. The molecule has 5 heteroatoms. The van der Waals surface area contributed by atoms with Gasteiger partial charge in [-0.05, 0) is 31.5 Å². The van der Waals surface area contributed by atoms with E-state index in [1.54, 1.807) is 7.11 Å². The summed E-state index contributed by atoms with van der Waals surface area (Å²) >= 11 is 0. The predicted molar refractivity (Wildman–Crippen MR) is 86.0 cm³/mol. The van der Waals surface area contributed by atoms with Crippen molar-refractivity contribution < 1.29 is 4.74 Å². The first-order valence-electron chi connectivity index (χ1n) is 7.06. The van der Waals surface area contributed by atoms with Gasteiger partial charge >= 0.3 is 0 Å². The molecule has 0 saturated heterocycles. The van der Waals surface area contributed by atoms with E-state index in [4.69, 9.17) is 4.74 Å². The summed E-state index contributed by atoms with van der Waals surface area (Å²) in [5.74, 6) is 2.46. The van der Waals surface area contributed by atoms with Crippen molar-refractivity contribution >= 4 is 11.8 Å². The Balaban J connectivity index is 2.13. The van der Waals surface area contributed by atoms with Crippen LogP contribution in [-0.2, 0) is 6.54 Å². The first-order valence-corrected chi connectivity index (χ1v) is 7.06. The summed E-state index contributed by atoms with van der Waals surface area (Å²) in [6.07, 6.45) is 0. The lowest BCUT2D eigenvalue weighted by Gasteiger charge is -2.19. The van der Waals surface area contributed by atoms with Crippen LogP contribution in [0.1, 0.15) is 18.2 Å². The summed E-state index contributed by atoms with van der Waals surface area (Å²) in [5.41, 5.74) is 2.16. The lowest BCUT2D eigenvalue weighted by molar-refractivity contribution is 0.414. The Morgan fingerprint density at radius 1 is 1.19 bits per heavy atom. The van der Waals surface area contributed by atoms with Crippen molar-refractivity contribution in [2.45, 2.75) is 20.4 Å². The lowest BCUT2D eigenvalue weighted by atomic mass is 10.2. The average Bonchev–Trinajstić information content (AvgIpc) is 2.48. The Morgan fingerprint density at radius 2 is 1.90 bits per heavy atom. The number of aryl methyl sites for hydroxylation is 1. The number of rotatable bonds is 6. The number of aromatic nitrogens is 2. The molecule has 112 valence electrons. The molecule has 0 fully saturated rings. The third-order valence-corrected chi connectivity index (χ3v) is 3.15. The van der Waals surface area contributed by atoms with Crippen LogP contribution < -0.4 is 15.0 Å². The number of ether oxygens (including phenoxy) is 1. The molecule has 1 N–H and O–H groups in total. The van der Waals surface area contributed by atoms with Crippen LogP contribution in [0.15, 0.2) is 30.3 Å². The molecule has 2 aromatic rings. The maximum atomic E-state index is 5.17. The average molecular weight is 286 g/mol. The van der Waals surface area contributed by atoms with Crippen LogP contribution in [0.2, 0.25) is 0 Å². The van der Waals surface area contributed by atoms with Gasteiger partial charge in [0, 0.05) is 31.9 Å². The largest absolute Gasteiger partial charge is 0.497 e. The minimum absolute atomic E-state index is 0.675. The molecule has 0 radical (unpaired) electrons. The quantitative estimate of drug-likeness (QED) is 0.885. The second kappa shape index (κ2) is 6.92. The van der Waals surface area contributed by atoms with Crippen molar-refractivity contribution in [1.82, 2.24) is 9.97 Å². The van der Waals surface area contributed by atoms with Gasteiger partial charge in [0.2, 0.25) is 5.95 Å². The molecule has 0 aliphatic heterocycles. The van der Waals surface area contributed by atoms with Gasteiger partial charge in [-0.1, -0.05) is 12.1 Å². The molecule has 0 aliphatic carbocycles. The first kappa shape index (κ1) is 15.1. The Hall–Kier alpha value is -2.30. The molecule has 1 aromatic heterocycles. The number of nitrogens with one attached hydrogen (secondary N) is 1. The third kappa shape index (κ3) is 4.08. The fourth-order valence-electron chi connectivity index (χ4n) is 2.07. The van der Waals surface area contributed by atoms with E-state index in [1.807, 2.05) is 39.1 Å². The highest BCUT2D eigenvalue weighted by molar-refractivity contribution is 5.45. The molecule has 0 saturated carbocycles. The first-order chi connectivity index (χ1) is 10.1. The molecular weight excluding hydrogens is 264 g/mol. The van der Waals surface area contributed by atoms with Gasteiger partial charge in [-0.15, -0.1) is 0 Å². The van der Waals surface area contributed by atoms with E-state index >= 15 is 0 Å². The van der Waals surface area contributed by atoms with Crippen molar-refractivity contribution in [3.8, 4) is 5.75 Å². The Morgan fingerprint density at radius 3 is 2.52 bits per heavy atom. The third-order valence-electron chi connectivity index (χ3n) is 3.15. The summed E-state index contributed by atoms with van der Waals surface area (Å²) in [5, 5.41) is 3.16. The Kier molecular flexibility index (Phi) is 4.98. The van der Waals surface area contributed by atoms with Crippen molar-refractivity contribution in [2.75, 3.05) is 30.9 Å². The highest BCUT2D eigenvalue weighted by Gasteiger charge is 2.07. The van der Waals surface area contributed by atoms with E-state index in [0.717, 1.165) is 30.4 Å². The van der Waals surface area contributed by atoms with E-state index in [1.165, 1.54) is 5.56 Å². The SMILES string of the molecule is CCNc1nc(C)cc(N(C)Cc2ccc(OC)cc2)n1. The fraction of sp³-hybridized carbons (Fsp3) is 0.375. The summed E-state index contributed by atoms with van der Waals surface area (Å²) in [6, 6.07) is 10.1. The van der Waals surface area contributed by atoms with Gasteiger partial charge in [0.15, 0.2) is 0 Å². The van der Waals surface area contributed by atoms with Crippen LogP contribution in [0.4, 0.5) is 11.8 Å². The highest BCUT2D eigenvalue weighted by Crippen LogP contribution is 2.17. The molecular formula is C16H22N4O. The maximum Gasteiger partial charge on any atom is 0.224 e. The number of hydrogen-bond acceptors (Lipinski definition) is 5. The molecule has 0 unspecified atom stereocenters. The number of hydrogen-bond donors (Lipinski definition) is 1. The Bertz CT molecular complexity index is 583. The van der Waals surface area contributed by atoms with Crippen molar-refractivity contribution in [3.05, 3.63) is 41.6 Å². The maximum absolute atomic E-state index is 5.17. The molecule has 2 rings (SSSR count). The van der Waals surface area contributed by atoms with Gasteiger partial charge in [0.05, 0.1) is 7.11 Å². The lowest BCUT2D eigenvalue weighted by Crippen LogP contribution is -2.19. The molecule has 21 heavy (non-hydrogen) atoms. The molecule has 0 bridgehead atoms. The van der Waals surface area contributed by atoms with Crippen LogP contribution in [0.3, 0.4) is 0 Å². The molecule has 5 nitrogen and oxygen atoms in total. The number of nitrogens with zero attached hydrogens (tertiary/aromatic N) is 3. The van der Waals surface area contributed by atoms with Gasteiger partial charge in [-0.25, -0.2) is 4.98 Å². The van der Waals surface area contributed by atoms with Gasteiger partial charge in [-0.2, -0.15) is 4.98 Å². The Labute approximate surface area is 126 Å². The van der Waals surface area contributed by atoms with Crippen molar-refractivity contribution in [1.29, 1.82) is 0 Å². The van der Waals surface area contributed by atoms with Crippen LogP contribution in [-0.4, -0.2) is 30.7 Å². The van der Waals surface area contributed by atoms with E-state index in [-0.39, 0.29) is 0 Å². The minimum Gasteiger partial charge on any atom is -0.497 e. The number of benzene rings is 1. The fourth-order valence-corrected chi connectivity index (χ4v) is 2.07. The number of methoxy groups -OCH3 is 1. The zero-order valence-corrected chi connectivity index (χ0v) is 13.1. The van der Waals surface area contributed by atoms with E-state index in [9.17, 15) is 0 Å². The second-order valence-electron chi connectivity index (χ2n) is 4.93. The van der Waals surface area contributed by atoms with Crippen LogP contribution in [0.5, 0.6) is 5.75 Å². The van der Waals surface area contributed by atoms with Gasteiger partial charge < -0.3 is 15.0 Å². The standard InChI is InChI=1S/C16H22N4O/c1-5-17-16-18-12(2)10-15(19-16)20(3)11-13-6-8-14(21-4)9-7-13/h6-10H,5,11H2,1-4H3,(H,17,18,19).